The number of nitrogen functional groups attached to an aromatic ring is 2. The van der Waals surface area contributed by atoms with Crippen LogP contribution >= 0.6 is 34.7 Å². The van der Waals surface area contributed by atoms with Crippen LogP contribution in [0, 0.1) is 0 Å². The highest BCUT2D eigenvalue weighted by atomic mass is 35.5. The van der Waals surface area contributed by atoms with E-state index in [1.54, 1.807) is 29.1 Å². The van der Waals surface area contributed by atoms with Gasteiger partial charge >= 0.3 is 5.97 Å². The Labute approximate surface area is 206 Å². The molecular formula is C19H19ClN7O5S2+. The van der Waals surface area contributed by atoms with Crippen LogP contribution in [0.4, 0.5) is 10.8 Å². The lowest BCUT2D eigenvalue weighted by molar-refractivity contribution is -0.688. The van der Waals surface area contributed by atoms with Crippen LogP contribution in [0.5, 0.6) is 0 Å². The Hall–Kier alpha value is -3.36. The largest absolute Gasteiger partial charge is 0.477 e. The molecule has 0 aromatic carbocycles. The first-order valence-corrected chi connectivity index (χ1v) is 11.9. The summed E-state index contributed by atoms with van der Waals surface area (Å²) in [7, 11) is 1.24. The molecule has 2 amide bonds. The molecule has 0 aliphatic carbocycles. The van der Waals surface area contributed by atoms with E-state index in [1.165, 1.54) is 23.8 Å². The number of carboxylic acids is 1. The number of thioether (sulfide) groups is 1. The van der Waals surface area contributed by atoms with Crippen molar-refractivity contribution >= 4 is 69.0 Å². The topological polar surface area (TPSA) is 177 Å². The highest BCUT2D eigenvalue weighted by Crippen LogP contribution is 2.40. The fraction of sp³-hybridized carbons (Fsp3) is 0.263. The van der Waals surface area contributed by atoms with Gasteiger partial charge in [-0.15, -0.1) is 11.8 Å². The summed E-state index contributed by atoms with van der Waals surface area (Å²) in [6.45, 7) is 0.252. The van der Waals surface area contributed by atoms with Crippen molar-refractivity contribution < 1.29 is 28.9 Å². The zero-order valence-electron chi connectivity index (χ0n) is 17.6. The number of rotatable bonds is 7. The third kappa shape index (κ3) is 4.38. The Kier molecular flexibility index (Phi) is 6.63. The molecule has 2 aliphatic heterocycles. The number of carbonyl (C=O) groups is 3. The average Bonchev–Trinajstić information content (AvgIpc) is 3.12. The number of anilines is 2. The summed E-state index contributed by atoms with van der Waals surface area (Å²) in [5, 5.41) is 15.6. The number of nitrogens with zero attached hydrogens (tertiary/aromatic N) is 4. The van der Waals surface area contributed by atoms with Crippen LogP contribution < -0.4 is 21.4 Å². The Morgan fingerprint density at radius 2 is 2.24 bits per heavy atom. The summed E-state index contributed by atoms with van der Waals surface area (Å²) in [5.74, 6) is -2.19. The quantitative estimate of drug-likeness (QED) is 0.168. The van der Waals surface area contributed by atoms with Gasteiger partial charge in [-0.3, -0.25) is 14.5 Å². The zero-order chi connectivity index (χ0) is 24.6. The van der Waals surface area contributed by atoms with Crippen molar-refractivity contribution in [3.8, 4) is 0 Å². The van der Waals surface area contributed by atoms with Crippen molar-refractivity contribution in [2.75, 3.05) is 24.3 Å². The summed E-state index contributed by atoms with van der Waals surface area (Å²) >= 11 is 8.39. The number of oxime groups is 1. The number of halogens is 1. The van der Waals surface area contributed by atoms with Crippen molar-refractivity contribution in [2.45, 2.75) is 18.0 Å². The third-order valence-electron chi connectivity index (χ3n) is 5.02. The van der Waals surface area contributed by atoms with Crippen LogP contribution in [-0.2, 0) is 25.8 Å². The van der Waals surface area contributed by atoms with Crippen LogP contribution in [0.25, 0.3) is 0 Å². The van der Waals surface area contributed by atoms with E-state index in [1.807, 2.05) is 0 Å². The summed E-state index contributed by atoms with van der Waals surface area (Å²) in [5.41, 5.74) is 12.2. The lowest BCUT2D eigenvalue weighted by Gasteiger charge is -2.49. The second-order valence-corrected chi connectivity index (χ2v) is 9.96. The minimum absolute atomic E-state index is 0.0241. The average molecular weight is 525 g/mol. The van der Waals surface area contributed by atoms with Crippen molar-refractivity contribution in [2.24, 2.45) is 5.16 Å². The Bertz CT molecular complexity index is 1250. The lowest BCUT2D eigenvalue weighted by atomic mass is 10.0. The number of hydrogen-bond acceptors (Lipinski definition) is 10. The van der Waals surface area contributed by atoms with Crippen LogP contribution in [0.1, 0.15) is 5.69 Å². The molecule has 2 aromatic heterocycles. The molecule has 2 aromatic rings. The highest BCUT2D eigenvalue weighted by Gasteiger charge is 2.54. The van der Waals surface area contributed by atoms with Gasteiger partial charge in [-0.25, -0.2) is 9.78 Å². The van der Waals surface area contributed by atoms with Gasteiger partial charge in [0.2, 0.25) is 0 Å². The predicted octanol–water partition coefficient (Wildman–Crippen LogP) is 0.0377. The number of aliphatic carboxylic acids is 1. The number of carbonyl (C=O) groups excluding carboxylic acids is 2. The first kappa shape index (κ1) is 23.8. The van der Waals surface area contributed by atoms with E-state index < -0.39 is 29.2 Å². The van der Waals surface area contributed by atoms with Gasteiger partial charge in [0.05, 0.1) is 5.69 Å². The molecule has 0 radical (unpaired) electrons. The van der Waals surface area contributed by atoms with Gasteiger partial charge in [0.1, 0.15) is 34.3 Å². The molecule has 2 aliphatic rings. The van der Waals surface area contributed by atoms with Gasteiger partial charge < -0.3 is 26.7 Å². The number of pyridine rings is 1. The summed E-state index contributed by atoms with van der Waals surface area (Å²) in [4.78, 5) is 47.8. The van der Waals surface area contributed by atoms with Gasteiger partial charge in [0.25, 0.3) is 11.8 Å². The summed E-state index contributed by atoms with van der Waals surface area (Å²) < 4.78 is 1.88. The van der Waals surface area contributed by atoms with Gasteiger partial charge in [-0.05, 0) is 6.07 Å². The van der Waals surface area contributed by atoms with Crippen LogP contribution in [0.2, 0.25) is 4.34 Å². The Balaban J connectivity index is 1.55. The van der Waals surface area contributed by atoms with Crippen molar-refractivity contribution in [1.82, 2.24) is 15.2 Å². The second kappa shape index (κ2) is 9.48. The molecule has 4 heterocycles. The maximum absolute atomic E-state index is 12.9. The van der Waals surface area contributed by atoms with Gasteiger partial charge in [-0.2, -0.15) is 4.57 Å². The molecule has 0 spiro atoms. The number of nitrogens with two attached hydrogens (primary N) is 2. The number of hydrogen-bond donors (Lipinski definition) is 4. The first-order chi connectivity index (χ1) is 16.2. The number of β-lactam (4-membered cyclic amide) rings is 1. The normalized spacial score (nSPS) is 20.0. The van der Waals surface area contributed by atoms with Crippen LogP contribution in [-0.4, -0.2) is 62.8 Å². The van der Waals surface area contributed by atoms with Gasteiger partial charge in [-0.1, -0.05) is 28.1 Å². The van der Waals surface area contributed by atoms with E-state index in [4.69, 9.17) is 27.9 Å². The maximum atomic E-state index is 12.9. The molecule has 34 heavy (non-hydrogen) atoms. The standard InChI is InChI=1S/C19H18ClN7O5S2/c1-32-25-11(10-14(20)34-19(22)24-10)15(28)23-12-16(29)27-13(18(30)31)8(7-33-17(12)27)5-26-4-2-3-9(21)6-26/h2-4,6,12,17H,5,7,21H2,1H3,(H3-,22,23,24,28,30,31)/p+1/t12?,17-/m0/s1. The van der Waals surface area contributed by atoms with E-state index in [-0.39, 0.29) is 33.1 Å². The smallest absolute Gasteiger partial charge is 0.352 e. The monoisotopic (exact) mass is 524 g/mol. The van der Waals surface area contributed by atoms with E-state index in [0.717, 1.165) is 11.3 Å². The third-order valence-corrected chi connectivity index (χ3v) is 7.44. The number of nitrogens with one attached hydrogen (secondary N) is 1. The number of carboxylic acid groups (broad SMARTS) is 1. The first-order valence-electron chi connectivity index (χ1n) is 9.70. The molecule has 2 atom stereocenters. The van der Waals surface area contributed by atoms with Crippen molar-refractivity contribution in [3.05, 3.63) is 45.8 Å². The number of amides is 2. The van der Waals surface area contributed by atoms with E-state index in [2.05, 4.69) is 15.5 Å². The fourth-order valence-electron chi connectivity index (χ4n) is 3.62. The van der Waals surface area contributed by atoms with Gasteiger partial charge in [0.15, 0.2) is 29.8 Å². The molecule has 1 fully saturated rings. The molecule has 1 saturated heterocycles. The molecule has 6 N–H and O–H groups in total. The second-order valence-electron chi connectivity index (χ2n) is 7.22. The van der Waals surface area contributed by atoms with E-state index in [9.17, 15) is 19.5 Å². The molecule has 0 bridgehead atoms. The van der Waals surface area contributed by atoms with Crippen molar-refractivity contribution in [3.63, 3.8) is 0 Å². The number of aromatic nitrogens is 2. The van der Waals surface area contributed by atoms with E-state index in [0.29, 0.717) is 17.0 Å². The highest BCUT2D eigenvalue weighted by molar-refractivity contribution is 8.00. The molecule has 12 nitrogen and oxygen atoms in total. The number of fused-ring (bicyclic) bond motifs is 1. The molecule has 15 heteroatoms. The molecule has 4 rings (SSSR count). The maximum Gasteiger partial charge on any atom is 0.352 e. The fourth-order valence-corrected chi connectivity index (χ4v) is 5.89. The summed E-state index contributed by atoms with van der Waals surface area (Å²) in [6.07, 6.45) is 3.44. The van der Waals surface area contributed by atoms with Crippen LogP contribution in [0.3, 0.4) is 0 Å². The van der Waals surface area contributed by atoms with Gasteiger partial charge in [0, 0.05) is 17.4 Å². The van der Waals surface area contributed by atoms with E-state index >= 15 is 0 Å². The van der Waals surface area contributed by atoms with Crippen molar-refractivity contribution in [1.29, 1.82) is 0 Å². The predicted molar refractivity (Wildman–Crippen MR) is 126 cm³/mol. The SMILES string of the molecule is CON=C(C(=O)NC1C(=O)N2C(C(=O)O)=C(C[n+]3cccc(N)c3)CS[C@@H]12)c1nc(N)sc1Cl. The Morgan fingerprint density at radius 1 is 1.47 bits per heavy atom. The molecule has 0 saturated carbocycles. The lowest BCUT2D eigenvalue weighted by Crippen LogP contribution is -2.71. The zero-order valence-corrected chi connectivity index (χ0v) is 20.0. The minimum Gasteiger partial charge on any atom is -0.477 e. The number of thiazole rings is 1. The van der Waals surface area contributed by atoms with Crippen LogP contribution in [0.15, 0.2) is 41.0 Å². The summed E-state index contributed by atoms with van der Waals surface area (Å²) in [6, 6.07) is 2.50. The molecule has 1 unspecified atom stereocenters. The molecular weight excluding hydrogens is 506 g/mol. The minimum atomic E-state index is -1.23. The Morgan fingerprint density at radius 3 is 2.85 bits per heavy atom. The molecule has 178 valence electrons.